The number of sulfonamides is 1. The number of hydrogen-bond acceptors (Lipinski definition) is 3. The van der Waals surface area contributed by atoms with E-state index < -0.39 is 27.3 Å². The Morgan fingerprint density at radius 2 is 1.79 bits per heavy atom. The minimum absolute atomic E-state index is 0.441. The van der Waals surface area contributed by atoms with Crippen molar-refractivity contribution in [3.8, 4) is 0 Å². The number of nitrogens with one attached hydrogen (secondary N) is 1. The van der Waals surface area contributed by atoms with Gasteiger partial charge < -0.3 is 5.11 Å². The molecular weight excluding hydrogens is 266 g/mol. The summed E-state index contributed by atoms with van der Waals surface area (Å²) >= 11 is 0. The second-order valence-electron chi connectivity index (χ2n) is 4.75. The molecule has 1 saturated carbocycles. The lowest BCUT2D eigenvalue weighted by Crippen LogP contribution is -2.38. The van der Waals surface area contributed by atoms with Crippen LogP contribution in [0.3, 0.4) is 0 Å². The molecule has 2 N–H and O–H groups in total. The van der Waals surface area contributed by atoms with Gasteiger partial charge in [0.15, 0.2) is 0 Å². The molecule has 0 aliphatic heterocycles. The lowest BCUT2D eigenvalue weighted by molar-refractivity contribution is -0.139. The van der Waals surface area contributed by atoms with Crippen molar-refractivity contribution in [2.24, 2.45) is 0 Å². The first-order valence-electron chi connectivity index (χ1n) is 6.29. The smallest absolute Gasteiger partial charge is 0.326 e. The summed E-state index contributed by atoms with van der Waals surface area (Å²) in [6, 6.07) is 7.14. The van der Waals surface area contributed by atoms with E-state index >= 15 is 0 Å². The van der Waals surface area contributed by atoms with E-state index in [2.05, 4.69) is 4.72 Å². The summed E-state index contributed by atoms with van der Waals surface area (Å²) in [7, 11) is -3.58. The molecule has 0 amide bonds. The molecule has 1 atom stereocenters. The third kappa shape index (κ3) is 3.33. The number of hydrogen-bond donors (Lipinski definition) is 2. The van der Waals surface area contributed by atoms with Crippen molar-refractivity contribution in [2.75, 3.05) is 0 Å². The Hall–Kier alpha value is -1.40. The number of benzene rings is 1. The summed E-state index contributed by atoms with van der Waals surface area (Å²) in [5.74, 6) is -1.19. The molecule has 0 spiro atoms. The Balaban J connectivity index is 2.20. The maximum Gasteiger partial charge on any atom is 0.326 e. The number of carbonyl (C=O) groups is 1. The summed E-state index contributed by atoms with van der Waals surface area (Å²) < 4.78 is 26.6. The highest BCUT2D eigenvalue weighted by Gasteiger charge is 2.33. The Morgan fingerprint density at radius 1 is 1.21 bits per heavy atom. The van der Waals surface area contributed by atoms with Crippen molar-refractivity contribution in [2.45, 2.75) is 37.0 Å². The van der Waals surface area contributed by atoms with Gasteiger partial charge >= 0.3 is 5.97 Å². The molecule has 0 radical (unpaired) electrons. The van der Waals surface area contributed by atoms with Crippen molar-refractivity contribution >= 4 is 16.0 Å². The fourth-order valence-electron chi connectivity index (χ4n) is 2.37. The molecule has 5 nitrogen and oxygen atoms in total. The Kier molecular flexibility index (Phi) is 4.21. The first kappa shape index (κ1) is 14.0. The maximum atomic E-state index is 12.1. The summed E-state index contributed by atoms with van der Waals surface area (Å²) in [5.41, 5.74) is 0.441. The highest BCUT2D eigenvalue weighted by molar-refractivity contribution is 7.90. The van der Waals surface area contributed by atoms with Gasteiger partial charge in [-0.05, 0) is 18.4 Å². The zero-order valence-corrected chi connectivity index (χ0v) is 11.3. The first-order chi connectivity index (χ1) is 9.00. The molecule has 19 heavy (non-hydrogen) atoms. The largest absolute Gasteiger partial charge is 0.480 e. The van der Waals surface area contributed by atoms with Crippen LogP contribution < -0.4 is 4.72 Å². The minimum Gasteiger partial charge on any atom is -0.480 e. The molecule has 0 unspecified atom stereocenters. The van der Waals surface area contributed by atoms with Crippen molar-refractivity contribution in [1.29, 1.82) is 0 Å². The van der Waals surface area contributed by atoms with Crippen molar-refractivity contribution < 1.29 is 18.3 Å². The van der Waals surface area contributed by atoms with E-state index in [1.54, 1.807) is 30.3 Å². The molecule has 0 aromatic heterocycles. The van der Waals surface area contributed by atoms with Crippen LogP contribution in [0.25, 0.3) is 0 Å². The first-order valence-corrected chi connectivity index (χ1v) is 7.84. The zero-order valence-electron chi connectivity index (χ0n) is 10.5. The van der Waals surface area contributed by atoms with Crippen LogP contribution in [-0.2, 0) is 14.8 Å². The second-order valence-corrected chi connectivity index (χ2v) is 6.74. The van der Waals surface area contributed by atoms with Gasteiger partial charge in [-0.15, -0.1) is 0 Å². The SMILES string of the molecule is O=C(O)[C@@H](NS(=O)(=O)C1CCCC1)c1ccccc1. The van der Waals surface area contributed by atoms with Gasteiger partial charge in [-0.3, -0.25) is 4.79 Å². The van der Waals surface area contributed by atoms with Crippen molar-refractivity contribution in [3.63, 3.8) is 0 Å². The van der Waals surface area contributed by atoms with Gasteiger partial charge in [-0.2, -0.15) is 4.72 Å². The van der Waals surface area contributed by atoms with Crippen molar-refractivity contribution in [1.82, 2.24) is 4.72 Å². The molecular formula is C13H17NO4S. The van der Waals surface area contributed by atoms with E-state index in [1.165, 1.54) is 0 Å². The molecule has 0 bridgehead atoms. The molecule has 1 aliphatic rings. The fraction of sp³-hybridized carbons (Fsp3) is 0.462. The molecule has 2 rings (SSSR count). The average molecular weight is 283 g/mol. The summed E-state index contributed by atoms with van der Waals surface area (Å²) in [6.07, 6.45) is 2.98. The molecule has 0 saturated heterocycles. The molecule has 6 heteroatoms. The number of carboxylic acid groups (broad SMARTS) is 1. The lowest BCUT2D eigenvalue weighted by Gasteiger charge is -2.18. The van der Waals surface area contributed by atoms with Gasteiger partial charge in [0, 0.05) is 0 Å². The zero-order chi connectivity index (χ0) is 13.9. The van der Waals surface area contributed by atoms with E-state index in [1.807, 2.05) is 0 Å². The molecule has 1 aromatic carbocycles. The van der Waals surface area contributed by atoms with Crippen LogP contribution >= 0.6 is 0 Å². The van der Waals surface area contributed by atoms with Gasteiger partial charge in [-0.1, -0.05) is 43.2 Å². The normalized spacial score (nSPS) is 18.3. The summed E-state index contributed by atoms with van der Waals surface area (Å²) in [5, 5.41) is 8.75. The quantitative estimate of drug-likeness (QED) is 0.861. The molecule has 1 aromatic rings. The van der Waals surface area contributed by atoms with Crippen LogP contribution in [-0.4, -0.2) is 24.7 Å². The van der Waals surface area contributed by atoms with Gasteiger partial charge in [0.1, 0.15) is 6.04 Å². The summed E-state index contributed by atoms with van der Waals surface area (Å²) in [6.45, 7) is 0. The number of carboxylic acids is 1. The van der Waals surface area contributed by atoms with Gasteiger partial charge in [0.05, 0.1) is 5.25 Å². The second kappa shape index (κ2) is 5.71. The topological polar surface area (TPSA) is 83.5 Å². The summed E-state index contributed by atoms with van der Waals surface area (Å²) in [4.78, 5) is 11.3. The Bertz CT molecular complexity index is 535. The monoisotopic (exact) mass is 283 g/mol. The number of rotatable bonds is 5. The molecule has 104 valence electrons. The Labute approximate surface area is 112 Å². The fourth-order valence-corrected chi connectivity index (χ4v) is 4.08. The molecule has 1 fully saturated rings. The molecule has 1 aliphatic carbocycles. The average Bonchev–Trinajstić information content (AvgIpc) is 2.91. The Morgan fingerprint density at radius 3 is 2.32 bits per heavy atom. The van der Waals surface area contributed by atoms with E-state index in [-0.39, 0.29) is 0 Å². The van der Waals surface area contributed by atoms with Crippen LogP contribution in [0.1, 0.15) is 37.3 Å². The van der Waals surface area contributed by atoms with Crippen molar-refractivity contribution in [3.05, 3.63) is 35.9 Å². The highest BCUT2D eigenvalue weighted by Crippen LogP contribution is 2.26. The van der Waals surface area contributed by atoms with Crippen LogP contribution in [0.5, 0.6) is 0 Å². The third-order valence-corrected chi connectivity index (χ3v) is 5.32. The van der Waals surface area contributed by atoms with Crippen LogP contribution in [0.4, 0.5) is 0 Å². The van der Waals surface area contributed by atoms with Gasteiger partial charge in [0.25, 0.3) is 0 Å². The lowest BCUT2D eigenvalue weighted by atomic mass is 10.1. The maximum absolute atomic E-state index is 12.1. The highest BCUT2D eigenvalue weighted by atomic mass is 32.2. The van der Waals surface area contributed by atoms with E-state index in [0.717, 1.165) is 12.8 Å². The standard InChI is InChI=1S/C13H17NO4S/c15-13(16)12(10-6-2-1-3-7-10)14-19(17,18)11-8-4-5-9-11/h1-3,6-7,11-12,14H,4-5,8-9H2,(H,15,16)/t12-/m0/s1. The minimum atomic E-state index is -3.58. The third-order valence-electron chi connectivity index (χ3n) is 3.40. The van der Waals surface area contributed by atoms with Crippen LogP contribution in [0.15, 0.2) is 30.3 Å². The van der Waals surface area contributed by atoms with E-state index in [4.69, 9.17) is 0 Å². The van der Waals surface area contributed by atoms with Gasteiger partial charge in [-0.25, -0.2) is 8.42 Å². The van der Waals surface area contributed by atoms with E-state index in [0.29, 0.717) is 18.4 Å². The van der Waals surface area contributed by atoms with Gasteiger partial charge in [0.2, 0.25) is 10.0 Å². The number of aliphatic carboxylic acids is 1. The molecule has 0 heterocycles. The van der Waals surface area contributed by atoms with E-state index in [9.17, 15) is 18.3 Å². The predicted molar refractivity (Wildman–Crippen MR) is 71.1 cm³/mol. The van der Waals surface area contributed by atoms with Crippen LogP contribution in [0, 0.1) is 0 Å². The predicted octanol–water partition coefficient (Wildman–Crippen LogP) is 1.67. The van der Waals surface area contributed by atoms with Crippen LogP contribution in [0.2, 0.25) is 0 Å².